The fourth-order valence-electron chi connectivity index (χ4n) is 3.97. The van der Waals surface area contributed by atoms with Crippen LogP contribution < -0.4 is 15.8 Å². The van der Waals surface area contributed by atoms with E-state index in [0.29, 0.717) is 22.5 Å². The van der Waals surface area contributed by atoms with Gasteiger partial charge in [0.05, 0.1) is 23.6 Å². The van der Waals surface area contributed by atoms with Crippen LogP contribution in [-0.2, 0) is 6.54 Å². The summed E-state index contributed by atoms with van der Waals surface area (Å²) in [5.41, 5.74) is 8.03. The molecule has 36 heavy (non-hydrogen) atoms. The van der Waals surface area contributed by atoms with Gasteiger partial charge >= 0.3 is 6.18 Å². The van der Waals surface area contributed by atoms with Crippen molar-refractivity contribution < 1.29 is 27.9 Å². The molecule has 0 fully saturated rings. The highest BCUT2D eigenvalue weighted by Gasteiger charge is 2.45. The third kappa shape index (κ3) is 4.53. The van der Waals surface area contributed by atoms with Gasteiger partial charge < -0.3 is 25.8 Å². The molecule has 0 saturated heterocycles. The van der Waals surface area contributed by atoms with Gasteiger partial charge in [-0.05, 0) is 37.6 Å². The molecule has 0 spiro atoms. The molecule has 1 aromatic carbocycles. The molecule has 2 unspecified atom stereocenters. The summed E-state index contributed by atoms with van der Waals surface area (Å²) in [6.45, 7) is 2.09. The van der Waals surface area contributed by atoms with Crippen molar-refractivity contribution in [1.82, 2.24) is 24.8 Å². The highest BCUT2D eigenvalue weighted by atomic mass is 32.2. The Morgan fingerprint density at radius 3 is 2.69 bits per heavy atom. The zero-order valence-electron chi connectivity index (χ0n) is 19.6. The number of amides is 2. The molecule has 1 aliphatic rings. The van der Waals surface area contributed by atoms with Crippen LogP contribution in [0.2, 0.25) is 0 Å². The quantitative estimate of drug-likeness (QED) is 0.347. The Labute approximate surface area is 208 Å². The van der Waals surface area contributed by atoms with E-state index in [1.54, 1.807) is 37.6 Å². The Balaban J connectivity index is 1.79. The lowest BCUT2D eigenvalue weighted by atomic mass is 10.0. The number of aromatic nitrogens is 3. The third-order valence-electron chi connectivity index (χ3n) is 5.88. The number of nitrogen functional groups attached to an aromatic ring is 1. The minimum atomic E-state index is -4.56. The van der Waals surface area contributed by atoms with E-state index in [2.05, 4.69) is 20.1 Å². The molecule has 2 atom stereocenters. The molecule has 2 amide bonds. The molecule has 0 bridgehead atoms. The number of hydrogen-bond acceptors (Lipinski definition) is 8. The molecule has 5 N–H and O–H groups in total. The van der Waals surface area contributed by atoms with Gasteiger partial charge in [-0.25, -0.2) is 9.50 Å². The lowest BCUT2D eigenvalue weighted by Crippen LogP contribution is -2.43. The molecule has 3 heterocycles. The number of carbonyl (C=O) groups is 2. The summed E-state index contributed by atoms with van der Waals surface area (Å²) < 4.78 is 44.4. The number of nitrogens with two attached hydrogens (primary N) is 1. The predicted molar refractivity (Wildman–Crippen MR) is 129 cm³/mol. The van der Waals surface area contributed by atoms with Crippen LogP contribution in [0.5, 0.6) is 0 Å². The monoisotopic (exact) mass is 523 g/mol. The molecular weight excluding hydrogens is 499 g/mol. The van der Waals surface area contributed by atoms with Crippen molar-refractivity contribution in [2.24, 2.45) is 0 Å². The SMILES string of the molecule is CSNc1cc(-c2ccn3nc(N)c(C(=O)NC(C)CO)c3n2)cc2c1C(=O)N(C(C)C(F)(F)F)C2. The van der Waals surface area contributed by atoms with Crippen LogP contribution >= 0.6 is 11.9 Å². The molecule has 0 aliphatic carbocycles. The summed E-state index contributed by atoms with van der Waals surface area (Å²) >= 11 is 1.19. The number of alkyl halides is 3. The number of halogens is 3. The predicted octanol–water partition coefficient (Wildman–Crippen LogP) is 2.69. The molecule has 4 rings (SSSR count). The zero-order chi connectivity index (χ0) is 26.4. The van der Waals surface area contributed by atoms with Crippen LogP contribution in [-0.4, -0.2) is 67.5 Å². The first-order chi connectivity index (χ1) is 17.0. The van der Waals surface area contributed by atoms with Crippen molar-refractivity contribution in [1.29, 1.82) is 0 Å². The molecule has 10 nitrogen and oxygen atoms in total. The Morgan fingerprint density at radius 2 is 2.06 bits per heavy atom. The molecule has 0 radical (unpaired) electrons. The van der Waals surface area contributed by atoms with Gasteiger partial charge in [0.25, 0.3) is 11.8 Å². The largest absolute Gasteiger partial charge is 0.408 e. The topological polar surface area (TPSA) is 138 Å². The molecule has 3 aromatic rings. The minimum Gasteiger partial charge on any atom is -0.394 e. The maximum atomic E-state index is 13.4. The van der Waals surface area contributed by atoms with E-state index in [-0.39, 0.29) is 35.7 Å². The number of nitrogens with one attached hydrogen (secondary N) is 2. The average molecular weight is 524 g/mol. The van der Waals surface area contributed by atoms with Gasteiger partial charge in [0.1, 0.15) is 11.6 Å². The highest BCUT2D eigenvalue weighted by Crippen LogP contribution is 2.38. The highest BCUT2D eigenvalue weighted by molar-refractivity contribution is 7.99. The standard InChI is InChI=1S/C22H24F3N7O3S/c1-10(9-33)27-20(34)17-18(26)29-32-5-4-14(28-19(17)32)12-6-13-8-31(11(2)22(23,24)25)21(35)16(13)15(7-12)30-36-3/h4-7,10-11,30,33H,8-9H2,1-3H3,(H2,26,29)(H,27,34). The second kappa shape index (κ2) is 9.50. The van der Waals surface area contributed by atoms with E-state index in [4.69, 9.17) is 5.73 Å². The van der Waals surface area contributed by atoms with Crippen LogP contribution in [0.1, 0.15) is 40.1 Å². The second-order valence-electron chi connectivity index (χ2n) is 8.41. The number of nitrogens with zero attached hydrogens (tertiary/aromatic N) is 4. The minimum absolute atomic E-state index is 0.0288. The first-order valence-electron chi connectivity index (χ1n) is 10.9. The van der Waals surface area contributed by atoms with E-state index in [1.165, 1.54) is 16.5 Å². The van der Waals surface area contributed by atoms with Crippen molar-refractivity contribution >= 4 is 40.9 Å². The van der Waals surface area contributed by atoms with E-state index >= 15 is 0 Å². The van der Waals surface area contributed by atoms with Gasteiger partial charge in [-0.1, -0.05) is 11.9 Å². The average Bonchev–Trinajstić information content (AvgIpc) is 3.33. The van der Waals surface area contributed by atoms with Crippen molar-refractivity contribution in [2.45, 2.75) is 38.7 Å². The number of rotatable bonds is 7. The maximum absolute atomic E-state index is 13.4. The number of carbonyl (C=O) groups excluding carboxylic acids is 2. The van der Waals surface area contributed by atoms with Gasteiger partial charge in [0.15, 0.2) is 11.5 Å². The van der Waals surface area contributed by atoms with Crippen LogP contribution in [0.25, 0.3) is 16.9 Å². The van der Waals surface area contributed by atoms with E-state index < -0.39 is 30.1 Å². The second-order valence-corrected chi connectivity index (χ2v) is 9.03. The van der Waals surface area contributed by atoms with E-state index in [1.807, 2.05) is 0 Å². The van der Waals surface area contributed by atoms with Gasteiger partial charge in [-0.2, -0.15) is 13.2 Å². The van der Waals surface area contributed by atoms with Gasteiger partial charge in [-0.15, -0.1) is 5.10 Å². The number of hydrogen-bond donors (Lipinski definition) is 4. The zero-order valence-corrected chi connectivity index (χ0v) is 20.4. The summed E-state index contributed by atoms with van der Waals surface area (Å²) in [5.74, 6) is -1.32. The van der Waals surface area contributed by atoms with Crippen LogP contribution in [0.15, 0.2) is 24.4 Å². The molecule has 1 aliphatic heterocycles. The summed E-state index contributed by atoms with van der Waals surface area (Å²) in [7, 11) is 0. The van der Waals surface area contributed by atoms with Crippen LogP contribution in [0, 0.1) is 0 Å². The molecular formula is C22H24F3N7O3S. The van der Waals surface area contributed by atoms with Gasteiger partial charge in [-0.3, -0.25) is 9.59 Å². The Bertz CT molecular complexity index is 1340. The fraction of sp³-hybridized carbons (Fsp3) is 0.364. The van der Waals surface area contributed by atoms with Crippen LogP contribution in [0.4, 0.5) is 24.7 Å². The van der Waals surface area contributed by atoms with Gasteiger partial charge in [0.2, 0.25) is 0 Å². The number of aliphatic hydroxyl groups is 1. The van der Waals surface area contributed by atoms with Crippen molar-refractivity contribution in [2.75, 3.05) is 23.3 Å². The number of anilines is 2. The van der Waals surface area contributed by atoms with Crippen LogP contribution in [0.3, 0.4) is 0 Å². The van der Waals surface area contributed by atoms with Crippen molar-refractivity contribution in [3.8, 4) is 11.3 Å². The number of fused-ring (bicyclic) bond motifs is 2. The molecule has 0 saturated carbocycles. The fourth-order valence-corrected chi connectivity index (χ4v) is 4.35. The lowest BCUT2D eigenvalue weighted by molar-refractivity contribution is -0.172. The normalized spacial score (nSPS) is 15.2. The first-order valence-corrected chi connectivity index (χ1v) is 12.1. The molecule has 14 heteroatoms. The molecule has 192 valence electrons. The van der Waals surface area contributed by atoms with E-state index in [9.17, 15) is 27.9 Å². The third-order valence-corrected chi connectivity index (χ3v) is 6.30. The first kappa shape index (κ1) is 25.6. The smallest absolute Gasteiger partial charge is 0.394 e. The summed E-state index contributed by atoms with van der Waals surface area (Å²) in [6.07, 6.45) is -1.28. The summed E-state index contributed by atoms with van der Waals surface area (Å²) in [5, 5.41) is 16.0. The van der Waals surface area contributed by atoms with E-state index in [0.717, 1.165) is 11.8 Å². The Hall–Kier alpha value is -3.52. The Kier molecular flexibility index (Phi) is 6.75. The summed E-state index contributed by atoms with van der Waals surface area (Å²) in [6, 6.07) is 2.39. The van der Waals surface area contributed by atoms with Gasteiger partial charge in [0, 0.05) is 30.6 Å². The molecule has 2 aromatic heterocycles. The maximum Gasteiger partial charge on any atom is 0.408 e. The summed E-state index contributed by atoms with van der Waals surface area (Å²) in [4.78, 5) is 31.0. The number of benzene rings is 1. The van der Waals surface area contributed by atoms with Crippen molar-refractivity contribution in [3.05, 3.63) is 41.1 Å². The van der Waals surface area contributed by atoms with Crippen molar-refractivity contribution in [3.63, 3.8) is 0 Å². The Morgan fingerprint density at radius 1 is 1.33 bits per heavy atom. The lowest BCUT2D eigenvalue weighted by Gasteiger charge is -2.26. The number of aliphatic hydroxyl groups excluding tert-OH is 1.